The average molecular weight is 422 g/mol. The molecule has 0 radical (unpaired) electrons. The molecule has 2 saturated heterocycles. The standard InChI is InChI=1S/C24H24FN3O3/c1-3-13(2)20-18-19(24(27-20)16-6-4-5-7-17(16)26-23(24)31)22(30)28(21(18)29)12-14-8-10-15(25)11-9-14/h4-11,13,18-20,27H,3,12H2,1-2H3,(H,26,31)/p+1/t13-,18+,19+,20-,24+/m1/s1. The van der Waals surface area contributed by atoms with Crippen molar-refractivity contribution in [2.24, 2.45) is 17.8 Å². The second kappa shape index (κ2) is 6.99. The number of carbonyl (C=O) groups is 3. The number of fused-ring (bicyclic) bond motifs is 4. The van der Waals surface area contributed by atoms with Crippen LogP contribution in [0.2, 0.25) is 0 Å². The lowest BCUT2D eigenvalue weighted by Crippen LogP contribution is -2.99. The van der Waals surface area contributed by atoms with E-state index >= 15 is 0 Å². The SMILES string of the molecule is CC[C@@H](C)[C@H]1[NH2+][C@]2(C(=O)Nc3ccccc32)[C@@H]2C(=O)N(Cc3ccc(F)cc3)C(=O)[C@H]12. The average Bonchev–Trinajstić information content (AvgIpc) is 3.36. The molecule has 2 aromatic carbocycles. The molecule has 0 unspecified atom stereocenters. The Morgan fingerprint density at radius 1 is 1.10 bits per heavy atom. The van der Waals surface area contributed by atoms with Gasteiger partial charge in [-0.1, -0.05) is 44.2 Å². The first-order chi connectivity index (χ1) is 14.9. The summed E-state index contributed by atoms with van der Waals surface area (Å²) in [6.07, 6.45) is 0.836. The van der Waals surface area contributed by atoms with Gasteiger partial charge in [-0.2, -0.15) is 0 Å². The highest BCUT2D eigenvalue weighted by Gasteiger charge is 2.74. The van der Waals surface area contributed by atoms with Crippen LogP contribution in [0.4, 0.5) is 10.1 Å². The summed E-state index contributed by atoms with van der Waals surface area (Å²) in [6.45, 7) is 4.20. The first-order valence-corrected chi connectivity index (χ1v) is 10.7. The third-order valence-electron chi connectivity index (χ3n) is 7.35. The van der Waals surface area contributed by atoms with Crippen molar-refractivity contribution in [2.75, 3.05) is 5.32 Å². The Bertz CT molecular complexity index is 1090. The second-order valence-electron chi connectivity index (χ2n) is 8.89. The number of imide groups is 1. The molecule has 160 valence electrons. The molecule has 5 atom stereocenters. The smallest absolute Gasteiger partial charge is 0.291 e. The fraction of sp³-hybridized carbons (Fsp3) is 0.375. The van der Waals surface area contributed by atoms with E-state index in [0.29, 0.717) is 11.3 Å². The molecule has 0 saturated carbocycles. The fourth-order valence-corrected chi connectivity index (χ4v) is 5.62. The highest BCUT2D eigenvalue weighted by molar-refractivity contribution is 6.13. The summed E-state index contributed by atoms with van der Waals surface area (Å²) in [6, 6.07) is 13.0. The Morgan fingerprint density at radius 2 is 1.81 bits per heavy atom. The first-order valence-electron chi connectivity index (χ1n) is 10.7. The summed E-state index contributed by atoms with van der Waals surface area (Å²) in [4.78, 5) is 41.8. The molecule has 1 spiro atoms. The number of benzene rings is 2. The van der Waals surface area contributed by atoms with E-state index in [9.17, 15) is 18.8 Å². The van der Waals surface area contributed by atoms with Gasteiger partial charge < -0.3 is 10.6 Å². The molecular formula is C24H25FN3O3+. The van der Waals surface area contributed by atoms with Gasteiger partial charge in [-0.25, -0.2) is 4.39 Å². The number of rotatable bonds is 4. The molecular weight excluding hydrogens is 397 g/mol. The van der Waals surface area contributed by atoms with Crippen molar-refractivity contribution in [3.8, 4) is 0 Å². The largest absolute Gasteiger partial charge is 0.326 e. The van der Waals surface area contributed by atoms with Gasteiger partial charge in [0.2, 0.25) is 17.4 Å². The quantitative estimate of drug-likeness (QED) is 0.737. The number of likely N-dealkylation sites (tertiary alicyclic amines) is 1. The third kappa shape index (κ3) is 2.69. The molecule has 3 aliphatic heterocycles. The van der Waals surface area contributed by atoms with Crippen molar-refractivity contribution >= 4 is 23.4 Å². The van der Waals surface area contributed by atoms with E-state index in [1.54, 1.807) is 12.1 Å². The number of halogens is 1. The minimum atomic E-state index is -1.14. The van der Waals surface area contributed by atoms with Crippen molar-refractivity contribution in [2.45, 2.75) is 38.4 Å². The maximum Gasteiger partial charge on any atom is 0.291 e. The molecule has 3 aliphatic rings. The van der Waals surface area contributed by atoms with E-state index in [1.165, 1.54) is 17.0 Å². The fourth-order valence-electron chi connectivity index (χ4n) is 5.62. The molecule has 0 bridgehead atoms. The number of amides is 3. The van der Waals surface area contributed by atoms with Crippen molar-refractivity contribution in [3.05, 3.63) is 65.5 Å². The van der Waals surface area contributed by atoms with Gasteiger partial charge in [0.25, 0.3) is 5.91 Å². The summed E-state index contributed by atoms with van der Waals surface area (Å²) >= 11 is 0. The van der Waals surface area contributed by atoms with Crippen LogP contribution in [0.1, 0.15) is 31.4 Å². The lowest BCUT2D eigenvalue weighted by molar-refractivity contribution is -0.738. The van der Waals surface area contributed by atoms with Gasteiger partial charge in [0, 0.05) is 11.5 Å². The Kier molecular flexibility index (Phi) is 4.48. The lowest BCUT2D eigenvalue weighted by Gasteiger charge is -2.27. The molecule has 3 heterocycles. The highest BCUT2D eigenvalue weighted by Crippen LogP contribution is 2.50. The van der Waals surface area contributed by atoms with E-state index in [2.05, 4.69) is 19.2 Å². The number of nitrogens with zero attached hydrogens (tertiary/aromatic N) is 1. The minimum absolute atomic E-state index is 0.0809. The minimum Gasteiger partial charge on any atom is -0.326 e. The van der Waals surface area contributed by atoms with Crippen LogP contribution in [0, 0.1) is 23.6 Å². The molecule has 2 aromatic rings. The van der Waals surface area contributed by atoms with Crippen LogP contribution >= 0.6 is 0 Å². The van der Waals surface area contributed by atoms with Gasteiger partial charge in [0.1, 0.15) is 23.7 Å². The van der Waals surface area contributed by atoms with Crippen molar-refractivity contribution in [1.29, 1.82) is 0 Å². The second-order valence-corrected chi connectivity index (χ2v) is 8.89. The number of nitrogens with two attached hydrogens (primary N) is 1. The molecule has 3 N–H and O–H groups in total. The van der Waals surface area contributed by atoms with E-state index < -0.39 is 17.4 Å². The van der Waals surface area contributed by atoms with Crippen LogP contribution in [-0.2, 0) is 26.5 Å². The summed E-state index contributed by atoms with van der Waals surface area (Å²) in [5.41, 5.74) is 1.01. The summed E-state index contributed by atoms with van der Waals surface area (Å²) in [5.74, 6) is -2.36. The van der Waals surface area contributed by atoms with Crippen LogP contribution in [0.15, 0.2) is 48.5 Å². The van der Waals surface area contributed by atoms with Gasteiger partial charge in [-0.15, -0.1) is 0 Å². The monoisotopic (exact) mass is 422 g/mol. The molecule has 7 heteroatoms. The number of hydrogen-bond acceptors (Lipinski definition) is 3. The number of hydrogen-bond donors (Lipinski definition) is 2. The third-order valence-corrected chi connectivity index (χ3v) is 7.35. The zero-order valence-electron chi connectivity index (χ0n) is 17.5. The molecule has 0 aromatic heterocycles. The maximum absolute atomic E-state index is 13.7. The maximum atomic E-state index is 13.7. The Labute approximate surface area is 179 Å². The van der Waals surface area contributed by atoms with Crippen molar-refractivity contribution < 1.29 is 24.1 Å². The first kappa shape index (κ1) is 19.9. The topological polar surface area (TPSA) is 83.1 Å². The summed E-state index contributed by atoms with van der Waals surface area (Å²) in [5, 5.41) is 4.91. The van der Waals surface area contributed by atoms with E-state index in [-0.39, 0.29) is 42.0 Å². The molecule has 3 amide bonds. The van der Waals surface area contributed by atoms with Gasteiger partial charge >= 0.3 is 0 Å². The molecule has 5 rings (SSSR count). The van der Waals surface area contributed by atoms with Crippen LogP contribution in [0.3, 0.4) is 0 Å². The summed E-state index contributed by atoms with van der Waals surface area (Å²) < 4.78 is 13.3. The van der Waals surface area contributed by atoms with Crippen LogP contribution in [0.25, 0.3) is 0 Å². The van der Waals surface area contributed by atoms with E-state index in [0.717, 1.165) is 12.0 Å². The van der Waals surface area contributed by atoms with Crippen LogP contribution in [0.5, 0.6) is 0 Å². The zero-order chi connectivity index (χ0) is 21.9. The number of carbonyl (C=O) groups excluding carboxylic acids is 3. The van der Waals surface area contributed by atoms with E-state index in [4.69, 9.17) is 0 Å². The number of anilines is 1. The van der Waals surface area contributed by atoms with Gasteiger partial charge in [0.15, 0.2) is 0 Å². The summed E-state index contributed by atoms with van der Waals surface area (Å²) in [7, 11) is 0. The zero-order valence-corrected chi connectivity index (χ0v) is 17.5. The van der Waals surface area contributed by atoms with Crippen molar-refractivity contribution in [1.82, 2.24) is 4.90 Å². The number of nitrogens with one attached hydrogen (secondary N) is 1. The van der Waals surface area contributed by atoms with Gasteiger partial charge in [-0.05, 0) is 30.2 Å². The van der Waals surface area contributed by atoms with Gasteiger partial charge in [0.05, 0.1) is 12.2 Å². The normalized spacial score (nSPS) is 30.0. The van der Waals surface area contributed by atoms with Crippen molar-refractivity contribution in [3.63, 3.8) is 0 Å². The van der Waals surface area contributed by atoms with Crippen LogP contribution < -0.4 is 10.6 Å². The molecule has 31 heavy (non-hydrogen) atoms. The Balaban J connectivity index is 1.60. The molecule has 6 nitrogen and oxygen atoms in total. The molecule has 0 aliphatic carbocycles. The molecule has 2 fully saturated rings. The lowest BCUT2D eigenvalue weighted by atomic mass is 9.75. The van der Waals surface area contributed by atoms with Crippen LogP contribution in [-0.4, -0.2) is 28.7 Å². The number of quaternary nitrogens is 1. The predicted octanol–water partition coefficient (Wildman–Crippen LogP) is 1.77. The number of para-hydroxylation sites is 1. The van der Waals surface area contributed by atoms with E-state index in [1.807, 2.05) is 29.6 Å². The van der Waals surface area contributed by atoms with Gasteiger partial charge in [-0.3, -0.25) is 19.3 Å². The Morgan fingerprint density at radius 3 is 2.52 bits per heavy atom. The Hall–Kier alpha value is -3.06. The highest BCUT2D eigenvalue weighted by atomic mass is 19.1. The predicted molar refractivity (Wildman–Crippen MR) is 111 cm³/mol.